The van der Waals surface area contributed by atoms with Gasteiger partial charge in [-0.25, -0.2) is 0 Å². The first-order chi connectivity index (χ1) is 12.3. The van der Waals surface area contributed by atoms with Gasteiger partial charge in [0.05, 0.1) is 6.61 Å². The van der Waals surface area contributed by atoms with Crippen LogP contribution in [-0.2, 0) is 4.74 Å². The van der Waals surface area contributed by atoms with E-state index < -0.39 is 0 Å². The Morgan fingerprint density at radius 2 is 1.36 bits per heavy atom. The third-order valence-corrected chi connectivity index (χ3v) is 6.62. The molecule has 0 heterocycles. The first kappa shape index (κ1) is 20.7. The minimum absolute atomic E-state index is 0.800. The van der Waals surface area contributed by atoms with Crippen molar-refractivity contribution in [3.05, 3.63) is 24.3 Å². The van der Waals surface area contributed by atoms with Gasteiger partial charge in [0.15, 0.2) is 0 Å². The predicted molar refractivity (Wildman–Crippen MR) is 110 cm³/mol. The third-order valence-electron chi connectivity index (χ3n) is 6.62. The molecule has 0 bridgehead atoms. The lowest BCUT2D eigenvalue weighted by Gasteiger charge is -2.37. The van der Waals surface area contributed by atoms with Crippen LogP contribution in [0, 0.1) is 23.7 Å². The molecule has 0 saturated heterocycles. The molecule has 0 aromatic heterocycles. The lowest BCUT2D eigenvalue weighted by Crippen LogP contribution is -2.27. The highest BCUT2D eigenvalue weighted by Gasteiger charge is 2.30. The van der Waals surface area contributed by atoms with E-state index in [0.29, 0.717) is 0 Å². The molecule has 144 valence electrons. The Morgan fingerprint density at radius 1 is 0.760 bits per heavy atom. The van der Waals surface area contributed by atoms with Crippen LogP contribution < -0.4 is 0 Å². The van der Waals surface area contributed by atoms with Gasteiger partial charge >= 0.3 is 0 Å². The number of unbranched alkanes of at least 4 members (excludes halogenated alkanes) is 1. The van der Waals surface area contributed by atoms with Crippen LogP contribution in [-0.4, -0.2) is 13.2 Å². The summed E-state index contributed by atoms with van der Waals surface area (Å²) in [4.78, 5) is 0. The second-order valence-electron chi connectivity index (χ2n) is 8.51. The Balaban J connectivity index is 1.56. The number of hydrogen-bond donors (Lipinski definition) is 0. The maximum atomic E-state index is 5.78. The Bertz CT molecular complexity index is 368. The molecule has 1 heteroatoms. The molecule has 0 aromatic rings. The molecule has 25 heavy (non-hydrogen) atoms. The lowest BCUT2D eigenvalue weighted by molar-refractivity contribution is 0.0780. The van der Waals surface area contributed by atoms with Crippen molar-refractivity contribution < 1.29 is 4.74 Å². The Labute approximate surface area is 157 Å². The van der Waals surface area contributed by atoms with Crippen LogP contribution >= 0.6 is 0 Å². The van der Waals surface area contributed by atoms with Gasteiger partial charge in [0, 0.05) is 6.61 Å². The number of ether oxygens (including phenoxy) is 1. The fraction of sp³-hybridized carbons (Fsp3) is 0.833. The minimum atomic E-state index is 0.800. The van der Waals surface area contributed by atoms with Gasteiger partial charge in [-0.2, -0.15) is 0 Å². The normalized spacial score (nSPS) is 31.1. The summed E-state index contributed by atoms with van der Waals surface area (Å²) >= 11 is 0. The van der Waals surface area contributed by atoms with E-state index in [1.807, 2.05) is 0 Å². The van der Waals surface area contributed by atoms with Crippen LogP contribution in [0.2, 0.25) is 0 Å². The topological polar surface area (TPSA) is 9.23 Å². The SMILES string of the molecule is C/C=C\COCC1CCC(C2CCC(CC/C=C/CCC)CC2)CC1. The van der Waals surface area contributed by atoms with Crippen molar-refractivity contribution in [3.8, 4) is 0 Å². The van der Waals surface area contributed by atoms with Gasteiger partial charge in [0.1, 0.15) is 0 Å². The molecule has 2 aliphatic carbocycles. The van der Waals surface area contributed by atoms with Crippen LogP contribution in [0.3, 0.4) is 0 Å². The fourth-order valence-electron chi connectivity index (χ4n) is 4.91. The maximum absolute atomic E-state index is 5.78. The van der Waals surface area contributed by atoms with Crippen LogP contribution in [0.25, 0.3) is 0 Å². The molecule has 2 aliphatic rings. The lowest BCUT2D eigenvalue weighted by atomic mass is 9.69. The first-order valence-corrected chi connectivity index (χ1v) is 11.2. The molecule has 2 rings (SSSR count). The fourth-order valence-corrected chi connectivity index (χ4v) is 4.91. The molecule has 1 nitrogen and oxygen atoms in total. The third kappa shape index (κ3) is 8.11. The molecular weight excluding hydrogens is 304 g/mol. The van der Waals surface area contributed by atoms with Crippen LogP contribution in [0.4, 0.5) is 0 Å². The summed E-state index contributed by atoms with van der Waals surface area (Å²) in [5.74, 6) is 3.90. The summed E-state index contributed by atoms with van der Waals surface area (Å²) in [6.07, 6.45) is 26.0. The molecule has 2 saturated carbocycles. The van der Waals surface area contributed by atoms with E-state index in [-0.39, 0.29) is 0 Å². The van der Waals surface area contributed by atoms with Crippen molar-refractivity contribution in [3.63, 3.8) is 0 Å². The van der Waals surface area contributed by atoms with E-state index in [2.05, 4.69) is 38.2 Å². The zero-order chi connectivity index (χ0) is 17.7. The number of rotatable bonds is 10. The average Bonchev–Trinajstić information content (AvgIpc) is 2.66. The summed E-state index contributed by atoms with van der Waals surface area (Å²) < 4.78 is 5.78. The largest absolute Gasteiger partial charge is 0.377 e. The molecule has 0 aromatic carbocycles. The van der Waals surface area contributed by atoms with Gasteiger partial charge in [-0.1, -0.05) is 50.5 Å². The van der Waals surface area contributed by atoms with Crippen LogP contribution in [0.15, 0.2) is 24.3 Å². The van der Waals surface area contributed by atoms with Gasteiger partial charge in [-0.3, -0.25) is 0 Å². The summed E-state index contributed by atoms with van der Waals surface area (Å²) in [5, 5.41) is 0. The van der Waals surface area contributed by atoms with E-state index in [1.54, 1.807) is 0 Å². The second-order valence-corrected chi connectivity index (χ2v) is 8.51. The van der Waals surface area contributed by atoms with Crippen LogP contribution in [0.5, 0.6) is 0 Å². The molecule has 0 aliphatic heterocycles. The van der Waals surface area contributed by atoms with E-state index in [0.717, 1.165) is 36.9 Å². The van der Waals surface area contributed by atoms with Crippen molar-refractivity contribution in [1.29, 1.82) is 0 Å². The molecule has 0 spiro atoms. The summed E-state index contributed by atoms with van der Waals surface area (Å²) in [7, 11) is 0. The van der Waals surface area contributed by atoms with E-state index >= 15 is 0 Å². The van der Waals surface area contributed by atoms with Crippen molar-refractivity contribution in [2.24, 2.45) is 23.7 Å². The molecule has 0 atom stereocenters. The molecule has 0 radical (unpaired) electrons. The van der Waals surface area contributed by atoms with E-state index in [9.17, 15) is 0 Å². The maximum Gasteiger partial charge on any atom is 0.0647 e. The van der Waals surface area contributed by atoms with Gasteiger partial charge in [0.2, 0.25) is 0 Å². The number of hydrogen-bond acceptors (Lipinski definition) is 1. The second kappa shape index (κ2) is 12.7. The van der Waals surface area contributed by atoms with Crippen molar-refractivity contribution in [2.45, 2.75) is 90.9 Å². The molecular formula is C24H42O. The highest BCUT2D eigenvalue weighted by molar-refractivity contribution is 4.85. The van der Waals surface area contributed by atoms with Crippen molar-refractivity contribution in [2.75, 3.05) is 13.2 Å². The predicted octanol–water partition coefficient (Wildman–Crippen LogP) is 7.33. The Hall–Kier alpha value is -0.560. The standard InChI is InChI=1S/C24H42O/c1-3-5-7-8-9-10-21-11-15-23(16-12-21)24-17-13-22(14-18-24)20-25-19-6-4-2/h4,6-8,21-24H,3,5,9-20H2,1-2H3/b6-4-,8-7+. The average molecular weight is 347 g/mol. The monoisotopic (exact) mass is 346 g/mol. The first-order valence-electron chi connectivity index (χ1n) is 11.2. The Morgan fingerprint density at radius 3 is 1.96 bits per heavy atom. The summed E-state index contributed by atoms with van der Waals surface area (Å²) in [6, 6.07) is 0. The zero-order valence-corrected chi connectivity index (χ0v) is 16.9. The Kier molecular flexibility index (Phi) is 10.6. The zero-order valence-electron chi connectivity index (χ0n) is 16.9. The summed E-state index contributed by atoms with van der Waals surface area (Å²) in [6.45, 7) is 6.10. The van der Waals surface area contributed by atoms with Crippen LogP contribution in [0.1, 0.15) is 90.9 Å². The summed E-state index contributed by atoms with van der Waals surface area (Å²) in [5.41, 5.74) is 0. The van der Waals surface area contributed by atoms with E-state index in [1.165, 1.54) is 77.0 Å². The van der Waals surface area contributed by atoms with Crippen molar-refractivity contribution in [1.82, 2.24) is 0 Å². The van der Waals surface area contributed by atoms with Gasteiger partial charge in [0.25, 0.3) is 0 Å². The molecule has 0 unspecified atom stereocenters. The van der Waals surface area contributed by atoms with Gasteiger partial charge in [-0.05, 0) is 88.4 Å². The minimum Gasteiger partial charge on any atom is -0.377 e. The highest BCUT2D eigenvalue weighted by Crippen LogP contribution is 2.42. The van der Waals surface area contributed by atoms with Crippen molar-refractivity contribution >= 4 is 0 Å². The van der Waals surface area contributed by atoms with Gasteiger partial charge in [-0.15, -0.1) is 0 Å². The van der Waals surface area contributed by atoms with Gasteiger partial charge < -0.3 is 4.74 Å². The number of allylic oxidation sites excluding steroid dienone is 3. The highest BCUT2D eigenvalue weighted by atomic mass is 16.5. The molecule has 0 amide bonds. The molecule has 2 fully saturated rings. The molecule has 0 N–H and O–H groups in total. The van der Waals surface area contributed by atoms with E-state index in [4.69, 9.17) is 4.74 Å². The smallest absolute Gasteiger partial charge is 0.0647 e. The quantitative estimate of drug-likeness (QED) is 0.297.